The van der Waals surface area contributed by atoms with Crippen LogP contribution in [0.2, 0.25) is 0 Å². The van der Waals surface area contributed by atoms with Gasteiger partial charge >= 0.3 is 0 Å². The zero-order valence-electron chi connectivity index (χ0n) is 68.8. The summed E-state index contributed by atoms with van der Waals surface area (Å²) in [6.07, 6.45) is 20.2. The predicted molar refractivity (Wildman–Crippen MR) is 458 cm³/mol. The van der Waals surface area contributed by atoms with Crippen LogP contribution in [0, 0.1) is 57.5 Å². The van der Waals surface area contributed by atoms with E-state index in [2.05, 4.69) is 31.2 Å². The molecule has 4 heterocycles. The molecule has 2 saturated heterocycles. The summed E-state index contributed by atoms with van der Waals surface area (Å²) < 4.78 is 49.3. The number of β-amino-alcohol motifs (C(OH)–C–C–N with tert-alkyl or cyclic N) is 2. The van der Waals surface area contributed by atoms with Crippen molar-refractivity contribution in [3.05, 3.63) is 139 Å². The third-order valence-corrected chi connectivity index (χ3v) is 24.4. The van der Waals surface area contributed by atoms with Crippen molar-refractivity contribution < 1.29 is 61.7 Å². The highest BCUT2D eigenvalue weighted by Gasteiger charge is 2.46. The lowest BCUT2D eigenvalue weighted by molar-refractivity contribution is -0.146. The van der Waals surface area contributed by atoms with E-state index in [0.29, 0.717) is 36.0 Å². The number of amides is 4. The fourth-order valence-corrected chi connectivity index (χ4v) is 16.9. The van der Waals surface area contributed by atoms with E-state index in [1.807, 2.05) is 151 Å². The molecule has 0 aliphatic carbocycles. The molecule has 626 valence electrons. The smallest absolute Gasteiger partial charge is 0.243 e. The number of Topliss-reactive ketones (excluding diaryl/α,β-unsaturated/α-hetero) is 3. The number of aryl methyl sites for hydroxylation is 2. The lowest BCUT2D eigenvalue weighted by Crippen LogP contribution is -2.50. The van der Waals surface area contributed by atoms with Crippen LogP contribution >= 0.6 is 45.3 Å². The lowest BCUT2D eigenvalue weighted by Gasteiger charge is -2.35. The third kappa shape index (κ3) is 29.9. The molecule has 114 heavy (non-hydrogen) atoms. The second kappa shape index (κ2) is 47.5. The molecule has 25 heteroatoms. The number of carbonyl (C=O) groups is 7. The van der Waals surface area contributed by atoms with Crippen LogP contribution in [0.5, 0.6) is 0 Å². The van der Waals surface area contributed by atoms with Gasteiger partial charge in [0.2, 0.25) is 23.6 Å². The number of aliphatic hydroxyl groups excluding tert-OH is 2. The average molecular weight is 1730 g/mol. The van der Waals surface area contributed by atoms with Gasteiger partial charge < -0.3 is 51.8 Å². The van der Waals surface area contributed by atoms with Gasteiger partial charge in [-0.25, -0.2) is 23.1 Å². The molecule has 4 amide bonds. The number of aliphatic hydroxyl groups is 2. The van der Waals surface area contributed by atoms with E-state index in [1.165, 1.54) is 60.1 Å². The maximum atomic E-state index is 14.7. The molecule has 0 radical (unpaired) electrons. The molecule has 2 aliphatic heterocycles. The van der Waals surface area contributed by atoms with Crippen molar-refractivity contribution in [1.82, 2.24) is 35.7 Å². The van der Waals surface area contributed by atoms with Crippen LogP contribution in [0.1, 0.15) is 261 Å². The van der Waals surface area contributed by atoms with Crippen LogP contribution in [0.15, 0.2) is 89.9 Å². The van der Waals surface area contributed by atoms with Crippen molar-refractivity contribution in [1.29, 1.82) is 0 Å². The first-order valence-electron chi connectivity index (χ1n) is 41.2. The van der Waals surface area contributed by atoms with E-state index >= 15 is 0 Å². The van der Waals surface area contributed by atoms with Gasteiger partial charge in [0.25, 0.3) is 0 Å². The summed E-state index contributed by atoms with van der Waals surface area (Å²) >= 11 is 5.12. The number of nitrogens with two attached hydrogens (primary N) is 1. The fourth-order valence-electron chi connectivity index (χ4n) is 14.8. The summed E-state index contributed by atoms with van der Waals surface area (Å²) in [6, 6.07) is 20.2. The number of rotatable bonds is 46. The Balaban J connectivity index is 0.000000346. The minimum atomic E-state index is -1.27. The molecule has 0 unspecified atom stereocenters. The van der Waals surface area contributed by atoms with Gasteiger partial charge in [0.15, 0.2) is 17.4 Å². The molecule has 8 atom stereocenters. The molecule has 0 spiro atoms. The topological polar surface area (TPSA) is 276 Å². The monoisotopic (exact) mass is 1730 g/mol. The summed E-state index contributed by atoms with van der Waals surface area (Å²) in [5.41, 5.74) is 13.6. The average Bonchev–Trinajstić information content (AvgIpc) is 1.71. The van der Waals surface area contributed by atoms with Gasteiger partial charge in [-0.15, -0.1) is 22.7 Å². The number of nitrogens with one attached hydrogen (secondary N) is 4. The number of hydrogen-bond acceptors (Lipinski definition) is 17. The number of benzene rings is 4. The normalized spacial score (nSPS) is 16.7. The van der Waals surface area contributed by atoms with Crippen LogP contribution in [0.4, 0.5) is 24.5 Å². The van der Waals surface area contributed by atoms with E-state index in [0.717, 1.165) is 146 Å². The Kier molecular flexibility index (Phi) is 39.3. The maximum Gasteiger partial charge on any atom is 0.243 e. The predicted octanol–water partition coefficient (Wildman–Crippen LogP) is 18.2. The molecule has 0 saturated carbocycles. The maximum absolute atomic E-state index is 14.7. The van der Waals surface area contributed by atoms with Crippen LogP contribution in [-0.2, 0) is 33.5 Å². The molecular formula is C89H125F3IN9O10S2. The van der Waals surface area contributed by atoms with E-state index in [1.54, 1.807) is 28.7 Å². The Labute approximate surface area is 696 Å². The number of ketones is 3. The number of hydrogen-bond donors (Lipinski definition) is 7. The molecule has 2 aromatic heterocycles. The zero-order chi connectivity index (χ0) is 83.1. The number of nitrogens with zero attached hydrogens (tertiary/aromatic N) is 4. The summed E-state index contributed by atoms with van der Waals surface area (Å²) in [7, 11) is 0. The Morgan fingerprint density at radius 2 is 0.991 bits per heavy atom. The number of anilines is 2. The first kappa shape index (κ1) is 94.3. The van der Waals surface area contributed by atoms with Crippen molar-refractivity contribution in [2.45, 2.75) is 266 Å². The van der Waals surface area contributed by atoms with Gasteiger partial charge in [0.05, 0.1) is 67.8 Å². The van der Waals surface area contributed by atoms with Gasteiger partial charge in [-0.3, -0.25) is 33.6 Å². The van der Waals surface area contributed by atoms with Crippen LogP contribution in [0.3, 0.4) is 0 Å². The highest BCUT2D eigenvalue weighted by atomic mass is 127. The summed E-state index contributed by atoms with van der Waals surface area (Å²) in [5, 5.41) is 33.2. The Morgan fingerprint density at radius 1 is 0.570 bits per heavy atom. The Morgan fingerprint density at radius 3 is 1.40 bits per heavy atom. The zero-order valence-corrected chi connectivity index (χ0v) is 72.6. The highest BCUT2D eigenvalue weighted by molar-refractivity contribution is 14.1. The van der Waals surface area contributed by atoms with Crippen LogP contribution in [0.25, 0.3) is 20.9 Å². The van der Waals surface area contributed by atoms with Crippen molar-refractivity contribution in [2.75, 3.05) is 51.3 Å². The van der Waals surface area contributed by atoms with E-state index in [9.17, 15) is 56.9 Å². The van der Waals surface area contributed by atoms with E-state index in [4.69, 9.17) is 10.5 Å². The SMILES string of the molecule is Cc1ncsc1-c1ccc([C@H](C)NC(=O)[C@@H]2C[C@@H](O)CN2C(=O)[C@@H](CC(=O)CCCCCCCCCCCN)C(C)(C)C)cc1.Cc1ncsc1-c1ccc([C@H](C)NC(=O)[C@@H]2C[C@@H](O)CN2C(=O)[C@@H](CC(=O)CCCCCCCCCCCNCCCOCC(=O)c2ccc(F)c(F)c2Nc2ccc(I)cc2F)C(C)(C)C)cc1. The van der Waals surface area contributed by atoms with Gasteiger partial charge in [0, 0.05) is 79.2 Å². The summed E-state index contributed by atoms with van der Waals surface area (Å²) in [5.74, 6) is -5.74. The number of unbranched alkanes of at least 4 members (excludes halogenated alkanes) is 16. The van der Waals surface area contributed by atoms with Crippen molar-refractivity contribution in [3.63, 3.8) is 0 Å². The van der Waals surface area contributed by atoms with E-state index in [-0.39, 0.29) is 104 Å². The van der Waals surface area contributed by atoms with Crippen LogP contribution < -0.4 is 27.0 Å². The quantitative estimate of drug-likeness (QED) is 0.0106. The van der Waals surface area contributed by atoms with Crippen molar-refractivity contribution in [3.8, 4) is 20.9 Å². The molecule has 2 fully saturated rings. The molecule has 2 aliphatic rings. The minimum absolute atomic E-state index is 0.0473. The summed E-state index contributed by atoms with van der Waals surface area (Å²) in [6.45, 7) is 22.0. The molecule has 8 N–H and O–H groups in total. The number of aromatic nitrogens is 2. The van der Waals surface area contributed by atoms with E-state index < -0.39 is 75.9 Å². The molecule has 0 bridgehead atoms. The molecule has 6 aromatic rings. The van der Waals surface area contributed by atoms with Gasteiger partial charge in [-0.05, 0) is 165 Å². The standard InChI is InChI=1S/C53H69F3IN5O6S.C36H56N4O4S/c1-34(36-17-19-37(20-18-36)50-35(2)59-33-69-50)60-51(66)46-30-40(64)31-62(46)52(67)42(53(3,4)5)29-39(63)16-13-11-9-7-6-8-10-12-14-25-58-26-15-27-68-32-47(65)41-22-23-43(54)48(56)49(41)61-45-24-21-38(57)28-44(45)55;1-25(27-16-18-28(19-17-27)33-26(2)38-24-45-33)39-34(43)32-22-30(42)23-40(32)35(44)31(36(3,4)5)21-29(41)15-13-11-9-7-6-8-10-12-14-20-37/h17-24,28,33-34,40,42,46,58,61,64H,6-16,25-27,29-32H2,1-5H3,(H,60,66);16-19,24-25,30-32,42H,6-15,20-23,37H2,1-5H3,(H,39,43)/t34-,40+,42+,46-;25-,30+,31+,32-/m00/s1. The fraction of sp³-hybridized carbons (Fsp3) is 0.584. The number of likely N-dealkylation sites (tertiary alicyclic amines) is 2. The van der Waals surface area contributed by atoms with Crippen LogP contribution in [-0.4, -0.2) is 141 Å². The minimum Gasteiger partial charge on any atom is -0.391 e. The molecule has 8 rings (SSSR count). The first-order valence-corrected chi connectivity index (χ1v) is 44.0. The summed E-state index contributed by atoms with van der Waals surface area (Å²) in [4.78, 5) is 108. The van der Waals surface area contributed by atoms with Crippen molar-refractivity contribution >= 4 is 97.6 Å². The number of thiazole rings is 2. The largest absolute Gasteiger partial charge is 0.391 e. The molecule has 4 aromatic carbocycles. The van der Waals surface area contributed by atoms with Gasteiger partial charge in [0.1, 0.15) is 36.1 Å². The molecular weight excluding hydrogens is 1600 g/mol. The number of carbonyl (C=O) groups excluding carboxylic acids is 7. The molecule has 19 nitrogen and oxygen atoms in total. The highest BCUT2D eigenvalue weighted by Crippen LogP contribution is 2.38. The second-order valence-electron chi connectivity index (χ2n) is 33.1. The second-order valence-corrected chi connectivity index (χ2v) is 36.1. The van der Waals surface area contributed by atoms with Crippen molar-refractivity contribution in [2.24, 2.45) is 28.4 Å². The lowest BCUT2D eigenvalue weighted by atomic mass is 9.76. The Hall–Kier alpha value is -6.85. The van der Waals surface area contributed by atoms with Gasteiger partial charge in [-0.1, -0.05) is 180 Å². The third-order valence-electron chi connectivity index (χ3n) is 21.8. The number of ether oxygens (including phenoxy) is 1. The Bertz CT molecular complexity index is 4040. The first-order chi connectivity index (χ1) is 54.4. The number of halogens is 4. The van der Waals surface area contributed by atoms with Gasteiger partial charge in [-0.2, -0.15) is 0 Å².